The number of morpholine rings is 1. The largest absolute Gasteiger partial charge is 0.484 e. The van der Waals surface area contributed by atoms with Crippen molar-refractivity contribution < 1.29 is 19.1 Å². The highest BCUT2D eigenvalue weighted by Crippen LogP contribution is 2.39. The monoisotopic (exact) mass is 669 g/mol. The van der Waals surface area contributed by atoms with E-state index >= 15 is 0 Å². The molecular formula is C36H47N9O4. The van der Waals surface area contributed by atoms with Gasteiger partial charge in [0.15, 0.2) is 5.65 Å². The van der Waals surface area contributed by atoms with Crippen LogP contribution in [0.5, 0.6) is 5.75 Å². The Morgan fingerprint density at radius 2 is 1.82 bits per heavy atom. The number of benzene rings is 1. The number of carbonyl (C=O) groups is 2. The van der Waals surface area contributed by atoms with E-state index in [1.807, 2.05) is 61.7 Å². The van der Waals surface area contributed by atoms with E-state index in [0.29, 0.717) is 44.8 Å². The Balaban J connectivity index is 1.13. The van der Waals surface area contributed by atoms with E-state index in [9.17, 15) is 9.59 Å². The molecule has 1 aliphatic heterocycles. The second-order valence-electron chi connectivity index (χ2n) is 13.8. The second-order valence-corrected chi connectivity index (χ2v) is 13.8. The summed E-state index contributed by atoms with van der Waals surface area (Å²) in [5.74, 6) is 1.83. The van der Waals surface area contributed by atoms with Crippen LogP contribution >= 0.6 is 0 Å². The lowest BCUT2D eigenvalue weighted by Gasteiger charge is -2.32. The zero-order valence-electron chi connectivity index (χ0n) is 29.0. The van der Waals surface area contributed by atoms with Gasteiger partial charge in [0.1, 0.15) is 23.5 Å². The predicted octanol–water partition coefficient (Wildman–Crippen LogP) is 5.17. The fourth-order valence-electron chi connectivity index (χ4n) is 6.20. The van der Waals surface area contributed by atoms with Crippen molar-refractivity contribution in [3.8, 4) is 5.75 Å². The molecule has 4 heterocycles. The molecule has 0 radical (unpaired) electrons. The van der Waals surface area contributed by atoms with Gasteiger partial charge >= 0.3 is 6.03 Å². The van der Waals surface area contributed by atoms with Gasteiger partial charge in [-0.15, -0.1) is 10.2 Å². The third-order valence-electron chi connectivity index (χ3n) is 9.23. The molecule has 1 fully saturated rings. The zero-order valence-corrected chi connectivity index (χ0v) is 29.0. The molecule has 3 amide bonds. The summed E-state index contributed by atoms with van der Waals surface area (Å²) in [6.45, 7) is 14.6. The first kappa shape index (κ1) is 34.3. The predicted molar refractivity (Wildman–Crippen MR) is 186 cm³/mol. The minimum absolute atomic E-state index is 0.0219. The molecule has 0 unspecified atom stereocenters. The van der Waals surface area contributed by atoms with Gasteiger partial charge in [-0.25, -0.2) is 14.8 Å². The maximum atomic E-state index is 13.4. The van der Waals surface area contributed by atoms with E-state index in [1.54, 1.807) is 6.07 Å². The Kier molecular flexibility index (Phi) is 10.4. The summed E-state index contributed by atoms with van der Waals surface area (Å²) in [6, 6.07) is 13.0. The van der Waals surface area contributed by atoms with Gasteiger partial charge in [0.05, 0.1) is 31.1 Å². The molecule has 13 nitrogen and oxygen atoms in total. The van der Waals surface area contributed by atoms with Gasteiger partial charge in [-0.1, -0.05) is 58.9 Å². The number of hydrogen-bond acceptors (Lipinski definition) is 9. The molecule has 0 saturated carbocycles. The third kappa shape index (κ3) is 8.16. The normalized spacial score (nSPS) is 18.8. The molecule has 3 atom stereocenters. The quantitative estimate of drug-likeness (QED) is 0.208. The highest BCUT2D eigenvalue weighted by atomic mass is 16.5. The number of nitrogens with zero attached hydrogens (tertiary/aromatic N) is 6. The van der Waals surface area contributed by atoms with Gasteiger partial charge in [-0.2, -0.15) is 0 Å². The van der Waals surface area contributed by atoms with Crippen LogP contribution in [0.3, 0.4) is 0 Å². The topological polar surface area (TPSA) is 148 Å². The Bertz CT molecular complexity index is 1780. The first-order valence-electron chi connectivity index (χ1n) is 17.2. The number of ether oxygens (including phenoxy) is 2. The molecule has 1 aromatic carbocycles. The summed E-state index contributed by atoms with van der Waals surface area (Å²) in [5, 5.41) is 17.6. The number of anilines is 1. The number of amides is 3. The van der Waals surface area contributed by atoms with Gasteiger partial charge in [0.25, 0.3) is 5.91 Å². The van der Waals surface area contributed by atoms with Crippen molar-refractivity contribution in [2.45, 2.75) is 77.4 Å². The lowest BCUT2D eigenvalue weighted by atomic mass is 9.85. The van der Waals surface area contributed by atoms with E-state index in [4.69, 9.17) is 9.47 Å². The van der Waals surface area contributed by atoms with Gasteiger partial charge in [0.2, 0.25) is 5.82 Å². The Labute approximate surface area is 287 Å². The summed E-state index contributed by atoms with van der Waals surface area (Å²) in [7, 11) is 0. The van der Waals surface area contributed by atoms with Gasteiger partial charge in [0, 0.05) is 43.6 Å². The van der Waals surface area contributed by atoms with Crippen LogP contribution < -0.4 is 20.7 Å². The van der Waals surface area contributed by atoms with Crippen molar-refractivity contribution in [1.82, 2.24) is 40.1 Å². The average Bonchev–Trinajstić information content (AvgIpc) is 3.52. The first-order chi connectivity index (χ1) is 23.6. The van der Waals surface area contributed by atoms with Crippen LogP contribution in [-0.4, -0.2) is 80.8 Å². The van der Waals surface area contributed by atoms with Gasteiger partial charge in [-0.05, 0) is 42.5 Å². The molecule has 1 saturated heterocycles. The lowest BCUT2D eigenvalue weighted by Crippen LogP contribution is -2.41. The van der Waals surface area contributed by atoms with Crippen molar-refractivity contribution in [2.24, 2.45) is 0 Å². The van der Waals surface area contributed by atoms with Crippen LogP contribution in [-0.2, 0) is 10.2 Å². The van der Waals surface area contributed by atoms with Crippen molar-refractivity contribution in [2.75, 3.05) is 44.7 Å². The Hall–Kier alpha value is -4.62. The summed E-state index contributed by atoms with van der Waals surface area (Å²) in [6.07, 6.45) is 4.13. The molecule has 3 aromatic heterocycles. The SMILES string of the molecule is CC[C@H](C)c1nnc2ccc(O[C@@H]3CC[C@H](NC(=O)Nc4cc(C(C)(C)C)nc(C(=O)NCCN5CCOCC5)n4)c4ccccc43)cn12. The molecule has 4 aromatic rings. The summed E-state index contributed by atoms with van der Waals surface area (Å²) in [5.41, 5.74) is 3.10. The molecule has 3 N–H and O–H groups in total. The number of carbonyl (C=O) groups excluding carboxylic acids is 2. The molecular weight excluding hydrogens is 622 g/mol. The van der Waals surface area contributed by atoms with E-state index in [-0.39, 0.29) is 41.0 Å². The van der Waals surface area contributed by atoms with Crippen LogP contribution in [0, 0.1) is 0 Å². The van der Waals surface area contributed by atoms with Crippen molar-refractivity contribution in [3.63, 3.8) is 0 Å². The van der Waals surface area contributed by atoms with Gasteiger partial charge in [-0.3, -0.25) is 19.4 Å². The summed E-state index contributed by atoms with van der Waals surface area (Å²) < 4.78 is 14.0. The number of fused-ring (bicyclic) bond motifs is 2. The summed E-state index contributed by atoms with van der Waals surface area (Å²) >= 11 is 0. The molecule has 0 spiro atoms. The molecule has 1 aliphatic carbocycles. The van der Waals surface area contributed by atoms with Gasteiger partial charge < -0.3 is 20.1 Å². The smallest absolute Gasteiger partial charge is 0.320 e. The number of aromatic nitrogens is 5. The van der Waals surface area contributed by atoms with Crippen molar-refractivity contribution in [1.29, 1.82) is 0 Å². The highest BCUT2D eigenvalue weighted by molar-refractivity contribution is 5.92. The fourth-order valence-corrected chi connectivity index (χ4v) is 6.20. The number of nitrogens with one attached hydrogen (secondary N) is 3. The maximum Gasteiger partial charge on any atom is 0.320 e. The van der Waals surface area contributed by atoms with Crippen molar-refractivity contribution in [3.05, 3.63) is 77.1 Å². The number of rotatable bonds is 10. The molecule has 260 valence electrons. The molecule has 6 rings (SSSR count). The van der Waals surface area contributed by atoms with Crippen LogP contribution in [0.1, 0.15) is 105 Å². The molecule has 13 heteroatoms. The lowest BCUT2D eigenvalue weighted by molar-refractivity contribution is 0.0383. The van der Waals surface area contributed by atoms with E-state index in [0.717, 1.165) is 47.9 Å². The van der Waals surface area contributed by atoms with E-state index in [1.165, 1.54) is 0 Å². The Morgan fingerprint density at radius 1 is 1.04 bits per heavy atom. The first-order valence-corrected chi connectivity index (χ1v) is 17.2. The maximum absolute atomic E-state index is 13.4. The highest BCUT2D eigenvalue weighted by Gasteiger charge is 2.30. The molecule has 2 aliphatic rings. The van der Waals surface area contributed by atoms with E-state index < -0.39 is 6.03 Å². The third-order valence-corrected chi connectivity index (χ3v) is 9.23. The van der Waals surface area contributed by atoms with Crippen LogP contribution in [0.4, 0.5) is 10.6 Å². The van der Waals surface area contributed by atoms with Crippen molar-refractivity contribution >= 4 is 23.4 Å². The summed E-state index contributed by atoms with van der Waals surface area (Å²) in [4.78, 5) is 37.7. The zero-order chi connectivity index (χ0) is 34.5. The number of hydrogen-bond donors (Lipinski definition) is 3. The minimum Gasteiger partial charge on any atom is -0.484 e. The second kappa shape index (κ2) is 14.9. The minimum atomic E-state index is -0.410. The Morgan fingerprint density at radius 3 is 2.57 bits per heavy atom. The average molecular weight is 670 g/mol. The number of pyridine rings is 1. The molecule has 0 bridgehead atoms. The van der Waals surface area contributed by atoms with Crippen LogP contribution in [0.25, 0.3) is 5.65 Å². The number of urea groups is 1. The van der Waals surface area contributed by atoms with Crippen LogP contribution in [0.15, 0.2) is 48.7 Å². The molecule has 49 heavy (non-hydrogen) atoms. The fraction of sp³-hybridized carbons (Fsp3) is 0.500. The van der Waals surface area contributed by atoms with Crippen LogP contribution in [0.2, 0.25) is 0 Å². The standard InChI is InChI=1S/C36H47N9O4/c1-6-23(2)33-43-42-31-14-11-24(22-45(31)33)49-28-13-12-27(25-9-7-8-10-26(25)28)38-35(47)41-30-21-29(36(3,4)5)39-32(40-30)34(46)37-15-16-44-17-19-48-20-18-44/h7-11,14,21-23,27-28H,6,12-13,15-20H2,1-5H3,(H,37,46)(H2,38,39,40,41,47)/t23-,27-,28+/m0/s1. The van der Waals surface area contributed by atoms with E-state index in [2.05, 4.69) is 60.9 Å².